The van der Waals surface area contributed by atoms with Crippen LogP contribution >= 0.6 is 15.9 Å². The van der Waals surface area contributed by atoms with Gasteiger partial charge in [-0.2, -0.15) is 0 Å². The maximum atomic E-state index is 12.0. The van der Waals surface area contributed by atoms with E-state index in [-0.39, 0.29) is 23.9 Å². The fraction of sp³-hybridized carbons (Fsp3) is 0.429. The molecule has 100 valence electrons. The van der Waals surface area contributed by atoms with Crippen molar-refractivity contribution in [1.82, 2.24) is 5.32 Å². The molecule has 0 radical (unpaired) electrons. The molecule has 19 heavy (non-hydrogen) atoms. The number of halogens is 1. The molecule has 2 aliphatic rings. The van der Waals surface area contributed by atoms with Crippen LogP contribution in [0.1, 0.15) is 25.3 Å². The number of benzene rings is 1. The summed E-state index contributed by atoms with van der Waals surface area (Å²) in [6.07, 6.45) is 1.96. The monoisotopic (exact) mass is 322 g/mol. The number of piperidine rings is 1. The molecule has 2 unspecified atom stereocenters. The van der Waals surface area contributed by atoms with E-state index < -0.39 is 0 Å². The van der Waals surface area contributed by atoms with Crippen molar-refractivity contribution in [3.63, 3.8) is 0 Å². The van der Waals surface area contributed by atoms with Crippen LogP contribution in [0.4, 0.5) is 5.69 Å². The zero-order chi connectivity index (χ0) is 13.6. The maximum Gasteiger partial charge on any atom is 0.249 e. The van der Waals surface area contributed by atoms with Gasteiger partial charge in [0.1, 0.15) is 6.04 Å². The summed E-state index contributed by atoms with van der Waals surface area (Å²) >= 11 is 3.48. The summed E-state index contributed by atoms with van der Waals surface area (Å²) < 4.78 is 1.06. The topological polar surface area (TPSA) is 49.4 Å². The summed E-state index contributed by atoms with van der Waals surface area (Å²) in [5, 5.41) is 2.44. The lowest BCUT2D eigenvalue weighted by Gasteiger charge is -2.35. The number of imide groups is 1. The van der Waals surface area contributed by atoms with Gasteiger partial charge in [0.2, 0.25) is 11.8 Å². The van der Waals surface area contributed by atoms with Gasteiger partial charge in [0.05, 0.1) is 0 Å². The van der Waals surface area contributed by atoms with Crippen LogP contribution in [0.15, 0.2) is 22.7 Å². The van der Waals surface area contributed by atoms with Crippen molar-refractivity contribution in [2.24, 2.45) is 0 Å². The molecule has 2 aliphatic heterocycles. The largest absolute Gasteiger partial charge is 0.356 e. The summed E-state index contributed by atoms with van der Waals surface area (Å²) in [6, 6.07) is 6.21. The lowest BCUT2D eigenvalue weighted by molar-refractivity contribution is -0.134. The van der Waals surface area contributed by atoms with Crippen LogP contribution in [-0.4, -0.2) is 23.9 Å². The number of carbonyl (C=O) groups excluding carboxylic acids is 2. The smallest absolute Gasteiger partial charge is 0.249 e. The number of carbonyl (C=O) groups is 2. The predicted molar refractivity (Wildman–Crippen MR) is 76.0 cm³/mol. The van der Waals surface area contributed by atoms with Crippen molar-refractivity contribution in [2.45, 2.75) is 38.3 Å². The minimum Gasteiger partial charge on any atom is -0.356 e. The molecule has 2 amide bonds. The van der Waals surface area contributed by atoms with Crippen molar-refractivity contribution in [1.29, 1.82) is 0 Å². The minimum atomic E-state index is -0.227. The van der Waals surface area contributed by atoms with Crippen molar-refractivity contribution >= 4 is 33.4 Å². The molecule has 1 N–H and O–H groups in total. The van der Waals surface area contributed by atoms with Gasteiger partial charge in [0.15, 0.2) is 0 Å². The molecule has 0 aliphatic carbocycles. The Morgan fingerprint density at radius 3 is 2.89 bits per heavy atom. The fourth-order valence-electron chi connectivity index (χ4n) is 3.05. The molecule has 0 spiro atoms. The summed E-state index contributed by atoms with van der Waals surface area (Å²) in [4.78, 5) is 25.4. The Morgan fingerprint density at radius 1 is 1.37 bits per heavy atom. The number of fused-ring (bicyclic) bond motifs is 1. The number of nitrogens with zero attached hydrogens (tertiary/aromatic N) is 1. The first-order valence-electron chi connectivity index (χ1n) is 6.46. The van der Waals surface area contributed by atoms with Crippen molar-refractivity contribution in [2.75, 3.05) is 4.90 Å². The van der Waals surface area contributed by atoms with Gasteiger partial charge in [-0.25, -0.2) is 0 Å². The van der Waals surface area contributed by atoms with Gasteiger partial charge in [0.25, 0.3) is 0 Å². The lowest BCUT2D eigenvalue weighted by Crippen LogP contribution is -2.54. The molecule has 5 heteroatoms. The number of hydrogen-bond acceptors (Lipinski definition) is 3. The number of anilines is 1. The van der Waals surface area contributed by atoms with E-state index in [9.17, 15) is 9.59 Å². The van der Waals surface area contributed by atoms with E-state index in [0.717, 1.165) is 16.6 Å². The molecule has 2 heterocycles. The van der Waals surface area contributed by atoms with Crippen molar-refractivity contribution < 1.29 is 9.59 Å². The number of nitrogens with one attached hydrogen (secondary N) is 1. The second-order valence-electron chi connectivity index (χ2n) is 5.20. The Balaban J connectivity index is 1.94. The van der Waals surface area contributed by atoms with E-state index in [0.29, 0.717) is 12.8 Å². The van der Waals surface area contributed by atoms with Crippen LogP contribution in [0.2, 0.25) is 0 Å². The average molecular weight is 323 g/mol. The third-order valence-corrected chi connectivity index (χ3v) is 4.35. The van der Waals surface area contributed by atoms with Crippen LogP contribution in [-0.2, 0) is 16.0 Å². The summed E-state index contributed by atoms with van der Waals surface area (Å²) in [5.74, 6) is -0.331. The van der Waals surface area contributed by atoms with Crippen LogP contribution in [0, 0.1) is 0 Å². The highest BCUT2D eigenvalue weighted by atomic mass is 79.9. The molecule has 2 atom stereocenters. The van der Waals surface area contributed by atoms with Gasteiger partial charge in [0, 0.05) is 22.6 Å². The Labute approximate surface area is 120 Å². The van der Waals surface area contributed by atoms with E-state index in [1.165, 1.54) is 5.56 Å². The zero-order valence-corrected chi connectivity index (χ0v) is 12.2. The molecule has 1 aromatic rings. The van der Waals surface area contributed by atoms with E-state index in [4.69, 9.17) is 0 Å². The minimum absolute atomic E-state index is 0.163. The van der Waals surface area contributed by atoms with Crippen LogP contribution in [0.25, 0.3) is 0 Å². The predicted octanol–water partition coefficient (Wildman–Crippen LogP) is 2.01. The lowest BCUT2D eigenvalue weighted by atomic mass is 10.0. The van der Waals surface area contributed by atoms with Crippen molar-refractivity contribution in [3.8, 4) is 0 Å². The summed E-state index contributed by atoms with van der Waals surface area (Å²) in [7, 11) is 0. The van der Waals surface area contributed by atoms with Crippen LogP contribution < -0.4 is 10.2 Å². The summed E-state index contributed by atoms with van der Waals surface area (Å²) in [6.45, 7) is 2.12. The number of rotatable bonds is 1. The zero-order valence-electron chi connectivity index (χ0n) is 10.6. The van der Waals surface area contributed by atoms with E-state index in [1.54, 1.807) is 0 Å². The SMILES string of the molecule is CC1Cc2cc(Br)ccc2N1C1CCC(=O)NC1=O. The van der Waals surface area contributed by atoms with Gasteiger partial charge < -0.3 is 4.90 Å². The molecule has 0 aromatic heterocycles. The Kier molecular flexibility index (Phi) is 3.09. The molecular formula is C14H15BrN2O2. The van der Waals surface area contributed by atoms with Crippen molar-refractivity contribution in [3.05, 3.63) is 28.2 Å². The first-order valence-corrected chi connectivity index (χ1v) is 7.26. The quantitative estimate of drug-likeness (QED) is 0.805. The van der Waals surface area contributed by atoms with Gasteiger partial charge >= 0.3 is 0 Å². The second-order valence-corrected chi connectivity index (χ2v) is 6.12. The highest BCUT2D eigenvalue weighted by Crippen LogP contribution is 2.36. The van der Waals surface area contributed by atoms with E-state index >= 15 is 0 Å². The average Bonchev–Trinajstić information content (AvgIpc) is 2.65. The maximum absolute atomic E-state index is 12.0. The van der Waals surface area contributed by atoms with Gasteiger partial charge in [-0.1, -0.05) is 15.9 Å². The number of amides is 2. The Bertz CT molecular complexity index is 558. The van der Waals surface area contributed by atoms with E-state index in [2.05, 4.69) is 39.1 Å². The highest BCUT2D eigenvalue weighted by Gasteiger charge is 2.38. The van der Waals surface area contributed by atoms with Gasteiger partial charge in [-0.05, 0) is 43.5 Å². The normalized spacial score (nSPS) is 26.3. The Morgan fingerprint density at radius 2 is 2.16 bits per heavy atom. The molecular weight excluding hydrogens is 308 g/mol. The van der Waals surface area contributed by atoms with Crippen LogP contribution in [0.3, 0.4) is 0 Å². The molecule has 1 saturated heterocycles. The molecule has 0 bridgehead atoms. The van der Waals surface area contributed by atoms with Crippen LogP contribution in [0.5, 0.6) is 0 Å². The summed E-state index contributed by atoms with van der Waals surface area (Å²) in [5.41, 5.74) is 2.37. The standard InChI is InChI=1S/C14H15BrN2O2/c1-8-6-9-7-10(15)2-3-11(9)17(8)12-4-5-13(18)16-14(12)19/h2-3,7-8,12H,4-6H2,1H3,(H,16,18,19). The Hall–Kier alpha value is -1.36. The first kappa shape index (κ1) is 12.7. The number of hydrogen-bond donors (Lipinski definition) is 1. The molecule has 1 fully saturated rings. The highest BCUT2D eigenvalue weighted by molar-refractivity contribution is 9.10. The first-order chi connectivity index (χ1) is 9.06. The van der Waals surface area contributed by atoms with Gasteiger partial charge in [-0.15, -0.1) is 0 Å². The third-order valence-electron chi connectivity index (χ3n) is 3.86. The molecule has 3 rings (SSSR count). The van der Waals surface area contributed by atoms with Gasteiger partial charge in [-0.3, -0.25) is 14.9 Å². The molecule has 0 saturated carbocycles. The second kappa shape index (κ2) is 4.63. The molecule has 1 aromatic carbocycles. The van der Waals surface area contributed by atoms with E-state index in [1.807, 2.05) is 12.1 Å². The fourth-order valence-corrected chi connectivity index (χ4v) is 3.45. The molecule has 4 nitrogen and oxygen atoms in total. The third kappa shape index (κ3) is 2.16.